The number of methoxy groups -OCH3 is 2. The highest BCUT2D eigenvalue weighted by atomic mass is 16.7. The van der Waals surface area contributed by atoms with Crippen molar-refractivity contribution < 1.29 is 74.1 Å². The Labute approximate surface area is 254 Å². The molecule has 0 amide bonds. The zero-order valence-electron chi connectivity index (χ0n) is 24.1. The molecule has 16 nitrogen and oxygen atoms in total. The zero-order valence-corrected chi connectivity index (χ0v) is 24.1. The van der Waals surface area contributed by atoms with Crippen LogP contribution in [0, 0.1) is 0 Å². The lowest BCUT2D eigenvalue weighted by Gasteiger charge is -2.46. The van der Waals surface area contributed by atoms with Crippen molar-refractivity contribution in [1.29, 1.82) is 0 Å². The third kappa shape index (κ3) is 5.87. The van der Waals surface area contributed by atoms with Crippen molar-refractivity contribution in [2.45, 2.75) is 74.3 Å². The van der Waals surface area contributed by atoms with Crippen LogP contribution < -0.4 is 19.6 Å². The van der Waals surface area contributed by atoms with E-state index in [9.17, 15) is 50.8 Å². The molecule has 3 unspecified atom stereocenters. The molecule has 2 saturated heterocycles. The van der Waals surface area contributed by atoms with Gasteiger partial charge < -0.3 is 74.1 Å². The summed E-state index contributed by atoms with van der Waals surface area (Å²) in [5, 5.41) is 93.9. The lowest BCUT2D eigenvalue weighted by molar-refractivity contribution is -0.311. The average molecular weight is 639 g/mol. The largest absolute Gasteiger partial charge is 0.507 e. The number of hydrogen-bond acceptors (Lipinski definition) is 16. The van der Waals surface area contributed by atoms with Crippen LogP contribution in [0.5, 0.6) is 28.7 Å². The SMILES string of the molecule is COc1cc(-c2cc(=O)c3c(O)cc(OC4O[C@H](C(O)C5O[C@H](C)[C@H](O)[C@H](O)[C@H]5O)[C@@H](O)[C@H](O)[C@H]4O)cc3o2)cc(OC)c1O. The topological polar surface area (TPSA) is 258 Å². The van der Waals surface area contributed by atoms with Gasteiger partial charge in [0.2, 0.25) is 12.0 Å². The first kappa shape index (κ1) is 32.7. The molecule has 2 aliphatic rings. The predicted octanol–water partition coefficient (Wildman–Crippen LogP) is -1.69. The molecular weight excluding hydrogens is 604 g/mol. The van der Waals surface area contributed by atoms with Crippen LogP contribution in [0.15, 0.2) is 39.5 Å². The summed E-state index contributed by atoms with van der Waals surface area (Å²) in [6, 6.07) is 6.07. The maximum absolute atomic E-state index is 13.0. The van der Waals surface area contributed by atoms with Crippen LogP contribution in [0.2, 0.25) is 0 Å². The number of phenolic OH excluding ortho intramolecular Hbond substituents is 2. The Bertz CT molecular complexity index is 1570. The van der Waals surface area contributed by atoms with Crippen LogP contribution in [0.1, 0.15) is 6.92 Å². The standard InChI is InChI=1S/C29H34O16/c1-9-19(32)21(34)23(36)27(42-9)26(39)28-24(37)22(35)25(38)29(45-28)43-11-6-12(30)18-13(31)8-14(44-15(18)7-11)10-4-16(40-2)20(33)17(5-10)41-3/h4-9,19,21-30,32-39H,1-3H3/t9-,19+,21+,22+,23-,24+,25-,26?,27?,28+,29?/m1/s1. The number of benzene rings is 2. The van der Waals surface area contributed by atoms with E-state index in [-0.39, 0.29) is 45.3 Å². The lowest BCUT2D eigenvalue weighted by atomic mass is 9.87. The summed E-state index contributed by atoms with van der Waals surface area (Å²) in [4.78, 5) is 13.0. The number of ether oxygens (including phenoxy) is 5. The molecule has 2 aliphatic heterocycles. The summed E-state index contributed by atoms with van der Waals surface area (Å²) in [7, 11) is 2.63. The highest BCUT2D eigenvalue weighted by Gasteiger charge is 2.53. The molecule has 45 heavy (non-hydrogen) atoms. The van der Waals surface area contributed by atoms with Gasteiger partial charge in [0.1, 0.15) is 83.2 Å². The van der Waals surface area contributed by atoms with E-state index in [1.54, 1.807) is 0 Å². The Morgan fingerprint density at radius 1 is 0.756 bits per heavy atom. The smallest absolute Gasteiger partial charge is 0.229 e. The number of rotatable bonds is 7. The van der Waals surface area contributed by atoms with Crippen molar-refractivity contribution in [3.63, 3.8) is 0 Å². The van der Waals surface area contributed by atoms with Gasteiger partial charge in [-0.15, -0.1) is 0 Å². The minimum absolute atomic E-state index is 0.0103. The molecule has 11 atom stereocenters. The van der Waals surface area contributed by atoms with Gasteiger partial charge >= 0.3 is 0 Å². The fourth-order valence-electron chi connectivity index (χ4n) is 5.43. The highest BCUT2D eigenvalue weighted by molar-refractivity contribution is 5.86. The molecular formula is C29H34O16. The van der Waals surface area contributed by atoms with Crippen molar-refractivity contribution in [1.82, 2.24) is 0 Å². The van der Waals surface area contributed by atoms with Crippen molar-refractivity contribution in [3.05, 3.63) is 40.6 Å². The van der Waals surface area contributed by atoms with Gasteiger partial charge in [0.15, 0.2) is 16.9 Å². The van der Waals surface area contributed by atoms with Crippen molar-refractivity contribution >= 4 is 11.0 Å². The van der Waals surface area contributed by atoms with Gasteiger partial charge in [-0.1, -0.05) is 0 Å². The Kier molecular flexibility index (Phi) is 9.14. The molecule has 246 valence electrons. The normalized spacial score (nSPS) is 32.7. The van der Waals surface area contributed by atoms with E-state index in [1.807, 2.05) is 0 Å². The summed E-state index contributed by atoms with van der Waals surface area (Å²) in [6.45, 7) is 1.38. The quantitative estimate of drug-likeness (QED) is 0.140. The van der Waals surface area contributed by atoms with E-state index in [2.05, 4.69) is 0 Å². The average Bonchev–Trinajstić information content (AvgIpc) is 3.01. The summed E-state index contributed by atoms with van der Waals surface area (Å²) >= 11 is 0. The lowest BCUT2D eigenvalue weighted by Crippen LogP contribution is -2.67. The molecule has 2 aromatic carbocycles. The Balaban J connectivity index is 1.46. The Morgan fingerprint density at radius 2 is 1.33 bits per heavy atom. The molecule has 0 aliphatic carbocycles. The fourth-order valence-corrected chi connectivity index (χ4v) is 5.43. The van der Waals surface area contributed by atoms with Gasteiger partial charge in [0.05, 0.1) is 20.3 Å². The third-order valence-corrected chi connectivity index (χ3v) is 7.97. The first-order valence-electron chi connectivity index (χ1n) is 13.8. The van der Waals surface area contributed by atoms with Crippen molar-refractivity contribution in [2.24, 2.45) is 0 Å². The summed E-state index contributed by atoms with van der Waals surface area (Å²) in [5.74, 6) is -1.05. The van der Waals surface area contributed by atoms with Crippen molar-refractivity contribution in [2.75, 3.05) is 14.2 Å². The van der Waals surface area contributed by atoms with Crippen LogP contribution in [0.3, 0.4) is 0 Å². The number of aliphatic hydroxyl groups excluding tert-OH is 7. The summed E-state index contributed by atoms with van der Waals surface area (Å²) < 4.78 is 32.8. The van der Waals surface area contributed by atoms with E-state index in [0.717, 1.165) is 12.1 Å². The van der Waals surface area contributed by atoms with Crippen LogP contribution >= 0.6 is 0 Å². The van der Waals surface area contributed by atoms with E-state index >= 15 is 0 Å². The minimum Gasteiger partial charge on any atom is -0.507 e. The molecule has 3 heterocycles. The summed E-state index contributed by atoms with van der Waals surface area (Å²) in [5.41, 5.74) is -0.559. The van der Waals surface area contributed by atoms with Gasteiger partial charge in [0, 0.05) is 23.8 Å². The number of phenols is 2. The Hall–Kier alpha value is -3.71. The molecule has 16 heteroatoms. The second-order valence-corrected chi connectivity index (χ2v) is 10.8. The predicted molar refractivity (Wildman–Crippen MR) is 150 cm³/mol. The maximum atomic E-state index is 13.0. The van der Waals surface area contributed by atoms with E-state index in [0.29, 0.717) is 0 Å². The second-order valence-electron chi connectivity index (χ2n) is 10.8. The van der Waals surface area contributed by atoms with Gasteiger partial charge in [-0.25, -0.2) is 0 Å². The maximum Gasteiger partial charge on any atom is 0.229 e. The monoisotopic (exact) mass is 638 g/mol. The second kappa shape index (κ2) is 12.6. The van der Waals surface area contributed by atoms with E-state index in [1.165, 1.54) is 39.3 Å². The first-order valence-corrected chi connectivity index (χ1v) is 13.8. The van der Waals surface area contributed by atoms with Gasteiger partial charge in [-0.2, -0.15) is 0 Å². The number of aliphatic hydroxyl groups is 7. The number of aromatic hydroxyl groups is 2. The van der Waals surface area contributed by atoms with Crippen LogP contribution in [-0.4, -0.2) is 128 Å². The molecule has 0 spiro atoms. The fraction of sp³-hybridized carbons (Fsp3) is 0.483. The van der Waals surface area contributed by atoms with Crippen LogP contribution in [0.25, 0.3) is 22.3 Å². The molecule has 0 radical (unpaired) electrons. The number of fused-ring (bicyclic) bond motifs is 1. The third-order valence-electron chi connectivity index (χ3n) is 7.97. The first-order chi connectivity index (χ1) is 21.3. The molecule has 5 rings (SSSR count). The molecule has 2 fully saturated rings. The van der Waals surface area contributed by atoms with Gasteiger partial charge in [-0.3, -0.25) is 4.79 Å². The molecule has 3 aromatic rings. The van der Waals surface area contributed by atoms with E-state index in [4.69, 9.17) is 28.1 Å². The van der Waals surface area contributed by atoms with E-state index < -0.39 is 78.5 Å². The van der Waals surface area contributed by atoms with Gasteiger partial charge in [-0.05, 0) is 19.1 Å². The highest BCUT2D eigenvalue weighted by Crippen LogP contribution is 2.41. The van der Waals surface area contributed by atoms with Crippen LogP contribution in [-0.2, 0) is 9.47 Å². The molecule has 0 bridgehead atoms. The molecule has 9 N–H and O–H groups in total. The van der Waals surface area contributed by atoms with Gasteiger partial charge in [0.25, 0.3) is 0 Å². The zero-order chi connectivity index (χ0) is 32.9. The number of hydrogen-bond donors (Lipinski definition) is 9. The Morgan fingerprint density at radius 3 is 1.93 bits per heavy atom. The molecule has 0 saturated carbocycles. The minimum atomic E-state index is -1.95. The van der Waals surface area contributed by atoms with Crippen molar-refractivity contribution in [3.8, 4) is 40.1 Å². The summed E-state index contributed by atoms with van der Waals surface area (Å²) in [6.07, 6.45) is -18.8. The molecule has 1 aromatic heterocycles. The van der Waals surface area contributed by atoms with Crippen LogP contribution in [0.4, 0.5) is 0 Å².